The lowest BCUT2D eigenvalue weighted by molar-refractivity contribution is 0.0970. The third kappa shape index (κ3) is 4.69. The van der Waals surface area contributed by atoms with Crippen molar-refractivity contribution >= 4 is 15.8 Å². The number of aryl methyl sites for hydroxylation is 2. The molecule has 0 aliphatic rings. The van der Waals surface area contributed by atoms with Crippen LogP contribution in [0.4, 0.5) is 4.39 Å². The number of carbonyl (C=O) groups is 1. The van der Waals surface area contributed by atoms with Gasteiger partial charge in [0.25, 0.3) is 5.56 Å². The van der Waals surface area contributed by atoms with Crippen LogP contribution in [0.2, 0.25) is 0 Å². The molecule has 7 nitrogen and oxygen atoms in total. The smallest absolute Gasteiger partial charge is 0.251 e. The number of Topliss-reactive ketones (excluding diaryl/α,β-unsaturated/α-hetero) is 1. The van der Waals surface area contributed by atoms with E-state index < -0.39 is 15.6 Å². The Labute approximate surface area is 193 Å². The highest BCUT2D eigenvalue weighted by atomic mass is 32.2. The van der Waals surface area contributed by atoms with Gasteiger partial charge in [-0.25, -0.2) is 12.8 Å². The molecule has 0 spiro atoms. The second-order valence-electron chi connectivity index (χ2n) is 7.90. The Balaban J connectivity index is 1.97. The Bertz CT molecular complexity index is 1370. The lowest BCUT2D eigenvalue weighted by Crippen LogP contribution is -2.32. The highest BCUT2D eigenvalue weighted by molar-refractivity contribution is 7.89. The molecule has 3 rings (SSSR count). The molecule has 33 heavy (non-hydrogen) atoms. The van der Waals surface area contributed by atoms with Gasteiger partial charge in [0.05, 0.1) is 11.4 Å². The van der Waals surface area contributed by atoms with Crippen LogP contribution in [-0.4, -0.2) is 40.7 Å². The van der Waals surface area contributed by atoms with Gasteiger partial charge in [0, 0.05) is 48.0 Å². The zero-order valence-corrected chi connectivity index (χ0v) is 20.2. The van der Waals surface area contributed by atoms with Gasteiger partial charge in [0.2, 0.25) is 10.0 Å². The van der Waals surface area contributed by atoms with Crippen molar-refractivity contribution in [3.05, 3.63) is 81.3 Å². The molecular weight excluding hydrogens is 445 g/mol. The predicted molar refractivity (Wildman–Crippen MR) is 125 cm³/mol. The first-order valence-corrected chi connectivity index (χ1v) is 12.1. The minimum absolute atomic E-state index is 0.0424. The average Bonchev–Trinajstić information content (AvgIpc) is 3.06. The van der Waals surface area contributed by atoms with Gasteiger partial charge in [-0.3, -0.25) is 9.59 Å². The number of halogens is 1. The zero-order valence-electron chi connectivity index (χ0n) is 19.4. The summed E-state index contributed by atoms with van der Waals surface area (Å²) in [6.07, 6.45) is 1.21. The van der Waals surface area contributed by atoms with E-state index in [4.69, 9.17) is 0 Å². The van der Waals surface area contributed by atoms with Gasteiger partial charge in [-0.1, -0.05) is 19.9 Å². The zero-order chi connectivity index (χ0) is 24.5. The Morgan fingerprint density at radius 1 is 1.03 bits per heavy atom. The SMILES string of the molecule is CCN(CC)S(=O)(=O)c1ccc(=O)n(CC(=O)c2cc(C)n(-c3ccc(C)c(F)c3)c2C)c1. The Kier molecular flexibility index (Phi) is 7.04. The van der Waals surface area contributed by atoms with Crippen LogP contribution in [-0.2, 0) is 16.6 Å². The monoisotopic (exact) mass is 473 g/mol. The second-order valence-corrected chi connectivity index (χ2v) is 9.84. The van der Waals surface area contributed by atoms with Crippen LogP contribution >= 0.6 is 0 Å². The van der Waals surface area contributed by atoms with E-state index in [1.807, 2.05) is 6.92 Å². The normalized spacial score (nSPS) is 11.8. The quantitative estimate of drug-likeness (QED) is 0.468. The minimum atomic E-state index is -3.77. The summed E-state index contributed by atoms with van der Waals surface area (Å²) >= 11 is 0. The molecular formula is C24H28FN3O4S. The third-order valence-corrected chi connectivity index (χ3v) is 7.79. The first-order valence-electron chi connectivity index (χ1n) is 10.7. The summed E-state index contributed by atoms with van der Waals surface area (Å²) in [6.45, 7) is 8.98. The van der Waals surface area contributed by atoms with E-state index in [-0.39, 0.29) is 23.0 Å². The third-order valence-electron chi connectivity index (χ3n) is 5.76. The molecule has 0 saturated heterocycles. The van der Waals surface area contributed by atoms with Crippen LogP contribution in [0, 0.1) is 26.6 Å². The van der Waals surface area contributed by atoms with Crippen molar-refractivity contribution in [1.82, 2.24) is 13.4 Å². The summed E-state index contributed by atoms with van der Waals surface area (Å²) < 4.78 is 43.9. The number of rotatable bonds is 8. The first-order chi connectivity index (χ1) is 15.5. The van der Waals surface area contributed by atoms with Gasteiger partial charge < -0.3 is 9.13 Å². The van der Waals surface area contributed by atoms with E-state index in [2.05, 4.69) is 0 Å². The summed E-state index contributed by atoms with van der Waals surface area (Å²) in [7, 11) is -3.77. The fourth-order valence-electron chi connectivity index (χ4n) is 3.90. The largest absolute Gasteiger partial charge is 0.318 e. The van der Waals surface area contributed by atoms with Crippen molar-refractivity contribution in [1.29, 1.82) is 0 Å². The highest BCUT2D eigenvalue weighted by Gasteiger charge is 2.23. The number of benzene rings is 1. The standard InChI is InChI=1S/C24H28FN3O4S/c1-6-27(7-2)33(31,32)20-10-11-24(30)26(14-20)15-23(29)21-12-17(4)28(18(21)5)19-9-8-16(3)22(25)13-19/h8-14H,6-7,15H2,1-5H3. The summed E-state index contributed by atoms with van der Waals surface area (Å²) in [4.78, 5) is 25.4. The topological polar surface area (TPSA) is 81.4 Å². The lowest BCUT2D eigenvalue weighted by atomic mass is 10.1. The fraction of sp³-hybridized carbons (Fsp3) is 0.333. The molecule has 0 aliphatic heterocycles. The van der Waals surface area contributed by atoms with Crippen molar-refractivity contribution in [3.8, 4) is 5.69 Å². The van der Waals surface area contributed by atoms with Crippen LogP contribution in [0.3, 0.4) is 0 Å². The van der Waals surface area contributed by atoms with Crippen molar-refractivity contribution in [2.24, 2.45) is 0 Å². The Morgan fingerprint density at radius 2 is 1.70 bits per heavy atom. The molecule has 0 aliphatic carbocycles. The van der Waals surface area contributed by atoms with E-state index in [9.17, 15) is 22.4 Å². The van der Waals surface area contributed by atoms with E-state index in [1.54, 1.807) is 50.5 Å². The maximum absolute atomic E-state index is 14.1. The number of ketones is 1. The van der Waals surface area contributed by atoms with Crippen molar-refractivity contribution < 1.29 is 17.6 Å². The van der Waals surface area contributed by atoms with Gasteiger partial charge in [0.1, 0.15) is 5.82 Å². The van der Waals surface area contributed by atoms with Gasteiger partial charge in [-0.2, -0.15) is 4.31 Å². The van der Waals surface area contributed by atoms with Crippen LogP contribution in [0.15, 0.2) is 52.3 Å². The maximum atomic E-state index is 14.1. The molecule has 0 saturated carbocycles. The number of aromatic nitrogens is 2. The van der Waals surface area contributed by atoms with E-state index in [0.717, 1.165) is 16.3 Å². The van der Waals surface area contributed by atoms with Crippen LogP contribution < -0.4 is 5.56 Å². The van der Waals surface area contributed by atoms with E-state index >= 15 is 0 Å². The lowest BCUT2D eigenvalue weighted by Gasteiger charge is -2.19. The van der Waals surface area contributed by atoms with Crippen LogP contribution in [0.1, 0.15) is 41.2 Å². The molecule has 0 fully saturated rings. The number of hydrogen-bond donors (Lipinski definition) is 0. The molecule has 0 radical (unpaired) electrons. The minimum Gasteiger partial charge on any atom is -0.318 e. The van der Waals surface area contributed by atoms with Crippen LogP contribution in [0.5, 0.6) is 0 Å². The van der Waals surface area contributed by atoms with Crippen molar-refractivity contribution in [3.63, 3.8) is 0 Å². The molecule has 176 valence electrons. The molecule has 2 heterocycles. The van der Waals surface area contributed by atoms with E-state index in [1.165, 1.54) is 22.6 Å². The van der Waals surface area contributed by atoms with Crippen molar-refractivity contribution in [2.45, 2.75) is 46.1 Å². The molecule has 0 amide bonds. The van der Waals surface area contributed by atoms with Gasteiger partial charge in [-0.15, -0.1) is 0 Å². The van der Waals surface area contributed by atoms with Gasteiger partial charge in [0.15, 0.2) is 5.78 Å². The molecule has 3 aromatic rings. The molecule has 9 heteroatoms. The first kappa shape index (κ1) is 24.6. The highest BCUT2D eigenvalue weighted by Crippen LogP contribution is 2.23. The molecule has 0 atom stereocenters. The molecule has 2 aromatic heterocycles. The van der Waals surface area contributed by atoms with E-state index in [0.29, 0.717) is 35.6 Å². The molecule has 0 N–H and O–H groups in total. The number of nitrogens with zero attached hydrogens (tertiary/aromatic N) is 3. The summed E-state index contributed by atoms with van der Waals surface area (Å²) in [5.41, 5.74) is 2.38. The molecule has 0 bridgehead atoms. The number of hydrogen-bond acceptors (Lipinski definition) is 4. The number of pyridine rings is 1. The van der Waals surface area contributed by atoms with Gasteiger partial charge >= 0.3 is 0 Å². The summed E-state index contributed by atoms with van der Waals surface area (Å²) in [5.74, 6) is -0.688. The maximum Gasteiger partial charge on any atom is 0.251 e. The summed E-state index contributed by atoms with van der Waals surface area (Å²) in [6, 6.07) is 8.97. The number of carbonyl (C=O) groups excluding carboxylic acids is 1. The average molecular weight is 474 g/mol. The Morgan fingerprint density at radius 3 is 2.30 bits per heavy atom. The van der Waals surface area contributed by atoms with Crippen molar-refractivity contribution in [2.75, 3.05) is 13.1 Å². The second kappa shape index (κ2) is 9.44. The fourth-order valence-corrected chi connectivity index (χ4v) is 5.38. The predicted octanol–water partition coefficient (Wildman–Crippen LogP) is 3.62. The van der Waals surface area contributed by atoms with Crippen LogP contribution in [0.25, 0.3) is 5.69 Å². The van der Waals surface area contributed by atoms with Gasteiger partial charge in [-0.05, 0) is 50.6 Å². The summed E-state index contributed by atoms with van der Waals surface area (Å²) in [5, 5.41) is 0. The molecule has 0 unspecified atom stereocenters. The molecule has 1 aromatic carbocycles. The Hall–Kier alpha value is -3.04. The number of sulfonamides is 1.